The van der Waals surface area contributed by atoms with Gasteiger partial charge < -0.3 is 14.8 Å². The van der Waals surface area contributed by atoms with Crippen molar-refractivity contribution >= 4 is 40.9 Å². The summed E-state index contributed by atoms with van der Waals surface area (Å²) in [6.07, 6.45) is 0.0159. The third-order valence-electron chi connectivity index (χ3n) is 3.47. The van der Waals surface area contributed by atoms with Gasteiger partial charge in [-0.2, -0.15) is 0 Å². The Morgan fingerprint density at radius 3 is 2.84 bits per heavy atom. The molecule has 1 heterocycles. The summed E-state index contributed by atoms with van der Waals surface area (Å²) in [6.45, 7) is 0.333. The molecule has 5 nitrogen and oxygen atoms in total. The van der Waals surface area contributed by atoms with E-state index in [0.29, 0.717) is 10.8 Å². The lowest BCUT2D eigenvalue weighted by Gasteiger charge is -2.23. The molecule has 1 atom stereocenters. The van der Waals surface area contributed by atoms with Crippen molar-refractivity contribution in [2.75, 3.05) is 18.5 Å². The molecule has 25 heavy (non-hydrogen) atoms. The highest BCUT2D eigenvalue weighted by molar-refractivity contribution is 8.01. The number of hydrogen-bond acceptors (Lipinski definition) is 5. The first-order valence-electron chi connectivity index (χ1n) is 7.72. The van der Waals surface area contributed by atoms with Crippen LogP contribution in [-0.4, -0.2) is 30.3 Å². The predicted octanol–water partition coefficient (Wildman–Crippen LogP) is 3.77. The molecular weight excluding hydrogens is 362 g/mol. The van der Waals surface area contributed by atoms with Crippen LogP contribution in [0.2, 0.25) is 5.02 Å². The van der Waals surface area contributed by atoms with Gasteiger partial charge in [0.25, 0.3) is 0 Å². The zero-order valence-corrected chi connectivity index (χ0v) is 14.8. The molecule has 7 heteroatoms. The van der Waals surface area contributed by atoms with Crippen LogP contribution in [0.1, 0.15) is 6.42 Å². The highest BCUT2D eigenvalue weighted by atomic mass is 35.5. The fraction of sp³-hybridized carbons (Fsp3) is 0.222. The summed E-state index contributed by atoms with van der Waals surface area (Å²) in [7, 11) is 0. The zero-order chi connectivity index (χ0) is 17.6. The first-order valence-corrected chi connectivity index (χ1v) is 8.98. The second-order valence-electron chi connectivity index (χ2n) is 5.32. The van der Waals surface area contributed by atoms with Gasteiger partial charge in [-0.25, -0.2) is 0 Å². The number of thioether (sulfide) groups is 1. The molecule has 0 bridgehead atoms. The van der Waals surface area contributed by atoms with Crippen molar-refractivity contribution in [3.8, 4) is 5.75 Å². The molecule has 1 N–H and O–H groups in total. The summed E-state index contributed by atoms with van der Waals surface area (Å²) in [6, 6.07) is 14.5. The fourth-order valence-corrected chi connectivity index (χ4v) is 3.58. The number of anilines is 1. The van der Waals surface area contributed by atoms with Gasteiger partial charge in [-0.1, -0.05) is 29.8 Å². The number of rotatable bonds is 6. The number of ether oxygens (including phenoxy) is 2. The van der Waals surface area contributed by atoms with Gasteiger partial charge in [0.15, 0.2) is 0 Å². The van der Waals surface area contributed by atoms with E-state index in [1.165, 1.54) is 11.8 Å². The van der Waals surface area contributed by atoms with Crippen molar-refractivity contribution in [2.24, 2.45) is 0 Å². The summed E-state index contributed by atoms with van der Waals surface area (Å²) in [5, 5.41) is 2.89. The first-order chi connectivity index (χ1) is 12.1. The minimum atomic E-state index is -0.490. The molecule has 130 valence electrons. The minimum absolute atomic E-state index is 0.0159. The summed E-state index contributed by atoms with van der Waals surface area (Å²) in [4.78, 5) is 25.0. The smallest absolute Gasteiger partial charge is 0.307 e. The third kappa shape index (κ3) is 4.90. The Kier molecular flexibility index (Phi) is 5.83. The second-order valence-corrected chi connectivity index (χ2v) is 7.00. The van der Waals surface area contributed by atoms with Crippen molar-refractivity contribution in [3.63, 3.8) is 0 Å². The minimum Gasteiger partial charge on any atom is -0.490 e. The second kappa shape index (κ2) is 8.27. The molecule has 1 unspecified atom stereocenters. The number of para-hydroxylation sites is 1. The SMILES string of the molecule is O=C(CC1Sc2ccccc2NC1=O)OCCOc1cccc(Cl)c1. The van der Waals surface area contributed by atoms with Crippen molar-refractivity contribution in [2.45, 2.75) is 16.6 Å². The Balaban J connectivity index is 1.43. The Morgan fingerprint density at radius 1 is 1.16 bits per heavy atom. The van der Waals surface area contributed by atoms with Gasteiger partial charge >= 0.3 is 5.97 Å². The molecule has 1 aliphatic rings. The first kappa shape index (κ1) is 17.6. The molecular formula is C18H16ClNO4S. The monoisotopic (exact) mass is 377 g/mol. The number of fused-ring (bicyclic) bond motifs is 1. The Labute approximate surface area is 154 Å². The lowest BCUT2D eigenvalue weighted by Crippen LogP contribution is -2.31. The van der Waals surface area contributed by atoms with E-state index in [1.54, 1.807) is 24.3 Å². The van der Waals surface area contributed by atoms with E-state index in [9.17, 15) is 9.59 Å². The molecule has 0 saturated carbocycles. The van der Waals surface area contributed by atoms with Gasteiger partial charge in [0, 0.05) is 9.92 Å². The van der Waals surface area contributed by atoms with Crippen molar-refractivity contribution in [1.29, 1.82) is 0 Å². The molecule has 0 radical (unpaired) electrons. The summed E-state index contributed by atoms with van der Waals surface area (Å²) in [5.74, 6) is -0.0000718. The van der Waals surface area contributed by atoms with Crippen LogP contribution >= 0.6 is 23.4 Å². The summed E-state index contributed by atoms with van der Waals surface area (Å²) < 4.78 is 10.6. The predicted molar refractivity (Wildman–Crippen MR) is 97.2 cm³/mol. The standard InChI is InChI=1S/C18H16ClNO4S/c19-12-4-3-5-13(10-12)23-8-9-24-17(21)11-16-18(22)20-14-6-1-2-7-15(14)25-16/h1-7,10,16H,8-9,11H2,(H,20,22). The highest BCUT2D eigenvalue weighted by Gasteiger charge is 2.29. The normalized spacial score (nSPS) is 15.9. The van der Waals surface area contributed by atoms with Gasteiger partial charge in [-0.3, -0.25) is 9.59 Å². The van der Waals surface area contributed by atoms with Crippen molar-refractivity contribution < 1.29 is 19.1 Å². The van der Waals surface area contributed by atoms with Crippen LogP contribution in [-0.2, 0) is 14.3 Å². The number of hydrogen-bond donors (Lipinski definition) is 1. The molecule has 0 fully saturated rings. The third-order valence-corrected chi connectivity index (χ3v) is 4.98. The maximum absolute atomic E-state index is 12.1. The quantitative estimate of drug-likeness (QED) is 0.613. The molecule has 0 spiro atoms. The van der Waals surface area contributed by atoms with Crippen LogP contribution < -0.4 is 10.1 Å². The molecule has 0 aromatic heterocycles. The van der Waals surface area contributed by atoms with Crippen LogP contribution in [0.3, 0.4) is 0 Å². The number of amides is 1. The average molecular weight is 378 g/mol. The maximum Gasteiger partial charge on any atom is 0.307 e. The number of carbonyl (C=O) groups is 2. The largest absolute Gasteiger partial charge is 0.490 e. The maximum atomic E-state index is 12.1. The van der Waals surface area contributed by atoms with Crippen molar-refractivity contribution in [3.05, 3.63) is 53.6 Å². The molecule has 2 aromatic carbocycles. The van der Waals surface area contributed by atoms with Crippen LogP contribution in [0.4, 0.5) is 5.69 Å². The van der Waals surface area contributed by atoms with Crippen LogP contribution in [0.25, 0.3) is 0 Å². The summed E-state index contributed by atoms with van der Waals surface area (Å²) >= 11 is 7.23. The van der Waals surface area contributed by atoms with E-state index in [-0.39, 0.29) is 25.5 Å². The van der Waals surface area contributed by atoms with E-state index in [1.807, 2.05) is 24.3 Å². The lowest BCUT2D eigenvalue weighted by molar-refractivity contribution is -0.145. The number of carbonyl (C=O) groups excluding carboxylic acids is 2. The van der Waals surface area contributed by atoms with E-state index in [0.717, 1.165) is 10.6 Å². The van der Waals surface area contributed by atoms with Gasteiger partial charge in [0.1, 0.15) is 19.0 Å². The van der Waals surface area contributed by atoms with Gasteiger partial charge in [-0.05, 0) is 30.3 Å². The van der Waals surface area contributed by atoms with Crippen LogP contribution in [0.5, 0.6) is 5.75 Å². The molecule has 0 aliphatic carbocycles. The van der Waals surface area contributed by atoms with Crippen LogP contribution in [0, 0.1) is 0 Å². The van der Waals surface area contributed by atoms with E-state index in [2.05, 4.69) is 5.32 Å². The lowest BCUT2D eigenvalue weighted by atomic mass is 10.2. The molecule has 0 saturated heterocycles. The summed E-state index contributed by atoms with van der Waals surface area (Å²) in [5.41, 5.74) is 0.775. The van der Waals surface area contributed by atoms with E-state index in [4.69, 9.17) is 21.1 Å². The number of nitrogens with one attached hydrogen (secondary N) is 1. The van der Waals surface area contributed by atoms with Gasteiger partial charge in [-0.15, -0.1) is 11.8 Å². The van der Waals surface area contributed by atoms with Gasteiger partial charge in [0.05, 0.1) is 17.4 Å². The molecule has 3 rings (SSSR count). The Morgan fingerprint density at radius 2 is 2.00 bits per heavy atom. The Hall–Kier alpha value is -2.18. The van der Waals surface area contributed by atoms with Crippen molar-refractivity contribution in [1.82, 2.24) is 0 Å². The highest BCUT2D eigenvalue weighted by Crippen LogP contribution is 2.36. The molecule has 2 aromatic rings. The molecule has 1 amide bonds. The topological polar surface area (TPSA) is 64.6 Å². The van der Waals surface area contributed by atoms with E-state index >= 15 is 0 Å². The zero-order valence-electron chi connectivity index (χ0n) is 13.2. The number of esters is 1. The van der Waals surface area contributed by atoms with E-state index < -0.39 is 11.2 Å². The average Bonchev–Trinajstić information content (AvgIpc) is 2.59. The Bertz CT molecular complexity index is 783. The molecule has 1 aliphatic heterocycles. The van der Waals surface area contributed by atoms with Gasteiger partial charge in [0.2, 0.25) is 5.91 Å². The van der Waals surface area contributed by atoms with Crippen LogP contribution in [0.15, 0.2) is 53.4 Å². The number of benzene rings is 2. The fourth-order valence-electron chi connectivity index (χ4n) is 2.31. The number of halogens is 1.